The minimum Gasteiger partial charge on any atom is -0.481 e. The predicted octanol–water partition coefficient (Wildman–Crippen LogP) is 6.86. The van der Waals surface area contributed by atoms with Crippen molar-refractivity contribution in [2.75, 3.05) is 6.54 Å². The molecule has 0 aliphatic rings. The third-order valence-corrected chi connectivity index (χ3v) is 6.56. The van der Waals surface area contributed by atoms with E-state index in [0.717, 1.165) is 16.7 Å². The number of hydrogen-bond donors (Lipinski definition) is 3. The number of fused-ring (bicyclic) bond motifs is 1. The Morgan fingerprint density at radius 2 is 1.68 bits per heavy atom. The van der Waals surface area contributed by atoms with E-state index >= 15 is 0 Å². The Morgan fingerprint density at radius 3 is 2.32 bits per heavy atom. The highest BCUT2D eigenvalue weighted by Gasteiger charge is 2.32. The van der Waals surface area contributed by atoms with Gasteiger partial charge >= 0.3 is 12.3 Å². The molecule has 38 heavy (non-hydrogen) atoms. The summed E-state index contributed by atoms with van der Waals surface area (Å²) in [5, 5.41) is 12.5. The molecule has 0 fully saturated rings. The molecule has 2 atom stereocenters. The summed E-state index contributed by atoms with van der Waals surface area (Å²) in [6.07, 6.45) is -3.21. The molecule has 0 aliphatic heterocycles. The van der Waals surface area contributed by atoms with Gasteiger partial charge in [0.2, 0.25) is 0 Å². The highest BCUT2D eigenvalue weighted by molar-refractivity contribution is 6.30. The molecular formula is C28H24ClF3N2O4. The molecule has 0 radical (unpaired) electrons. The van der Waals surface area contributed by atoms with E-state index in [2.05, 4.69) is 15.0 Å². The number of nitrogens with one attached hydrogen (secondary N) is 2. The number of carbonyl (C=O) groups excluding carboxylic acids is 1. The smallest absolute Gasteiger partial charge is 0.481 e. The van der Waals surface area contributed by atoms with Gasteiger partial charge in [0, 0.05) is 40.1 Å². The summed E-state index contributed by atoms with van der Waals surface area (Å²) < 4.78 is 42.8. The van der Waals surface area contributed by atoms with Crippen molar-refractivity contribution >= 4 is 34.4 Å². The Balaban J connectivity index is 1.69. The van der Waals surface area contributed by atoms with Crippen LogP contribution in [0.25, 0.3) is 10.9 Å². The van der Waals surface area contributed by atoms with Crippen LogP contribution in [-0.2, 0) is 4.79 Å². The van der Waals surface area contributed by atoms with Gasteiger partial charge in [-0.25, -0.2) is 0 Å². The molecule has 0 saturated heterocycles. The fourth-order valence-corrected chi connectivity index (χ4v) is 4.62. The number of carboxylic acid groups (broad SMARTS) is 1. The number of ether oxygens (including phenoxy) is 1. The number of carboxylic acids is 1. The maximum Gasteiger partial charge on any atom is 0.573 e. The fraction of sp³-hybridized carbons (Fsp3) is 0.214. The molecule has 6 nitrogen and oxygen atoms in total. The zero-order valence-electron chi connectivity index (χ0n) is 20.2. The highest BCUT2D eigenvalue weighted by atomic mass is 35.5. The number of rotatable bonds is 9. The van der Waals surface area contributed by atoms with Crippen LogP contribution in [0.15, 0.2) is 72.9 Å². The number of halogens is 4. The van der Waals surface area contributed by atoms with Gasteiger partial charge in [-0.2, -0.15) is 0 Å². The summed E-state index contributed by atoms with van der Waals surface area (Å²) in [6.45, 7) is 2.02. The Morgan fingerprint density at radius 1 is 1.03 bits per heavy atom. The van der Waals surface area contributed by atoms with Crippen molar-refractivity contribution in [2.45, 2.75) is 31.5 Å². The third-order valence-electron chi connectivity index (χ3n) is 6.31. The van der Waals surface area contributed by atoms with Crippen molar-refractivity contribution in [1.29, 1.82) is 0 Å². The maximum atomic E-state index is 12.9. The van der Waals surface area contributed by atoms with Crippen LogP contribution in [0.1, 0.15) is 52.2 Å². The van der Waals surface area contributed by atoms with Gasteiger partial charge < -0.3 is 20.1 Å². The second-order valence-electron chi connectivity index (χ2n) is 8.84. The molecule has 1 amide bonds. The van der Waals surface area contributed by atoms with Crippen molar-refractivity contribution in [3.8, 4) is 5.75 Å². The van der Waals surface area contributed by atoms with Gasteiger partial charge in [-0.15, -0.1) is 13.2 Å². The summed E-state index contributed by atoms with van der Waals surface area (Å²) in [5.74, 6) is -2.14. The molecule has 10 heteroatoms. The largest absolute Gasteiger partial charge is 0.573 e. The first-order valence-electron chi connectivity index (χ1n) is 11.7. The van der Waals surface area contributed by atoms with Crippen LogP contribution in [0.2, 0.25) is 5.02 Å². The SMILES string of the molecule is CC(c1ccc(C(=O)NCCC(=O)O)cc1)C(c1ccc(Cl)cc1)c1c[nH]c2ccc(OC(F)(F)F)cc12. The highest BCUT2D eigenvalue weighted by Crippen LogP contribution is 2.42. The standard InChI is InChI=1S/C28H24ClF3N2O4/c1-16(17-2-4-19(5-3-17)27(37)33-13-12-25(35)36)26(18-6-8-20(29)9-7-18)23-15-34-24-11-10-21(14-22(23)24)38-28(30,31)32/h2-11,14-16,26,34H,12-13H2,1H3,(H,33,37)(H,35,36). The van der Waals surface area contributed by atoms with Gasteiger partial charge in [0.1, 0.15) is 5.75 Å². The van der Waals surface area contributed by atoms with Crippen LogP contribution in [-0.4, -0.2) is 34.9 Å². The van der Waals surface area contributed by atoms with Crippen molar-refractivity contribution in [2.24, 2.45) is 0 Å². The van der Waals surface area contributed by atoms with E-state index in [1.165, 1.54) is 12.1 Å². The Bertz CT molecular complexity index is 1430. The van der Waals surface area contributed by atoms with E-state index in [-0.39, 0.29) is 36.5 Å². The van der Waals surface area contributed by atoms with Crippen LogP contribution < -0.4 is 10.1 Å². The number of carbonyl (C=O) groups is 2. The molecule has 2 unspecified atom stereocenters. The summed E-state index contributed by atoms with van der Waals surface area (Å²) in [5.41, 5.74) is 3.62. The Kier molecular flexibility index (Phi) is 7.97. The lowest BCUT2D eigenvalue weighted by molar-refractivity contribution is -0.274. The second kappa shape index (κ2) is 11.2. The number of alkyl halides is 3. The summed E-state index contributed by atoms with van der Waals surface area (Å²) in [4.78, 5) is 26.2. The van der Waals surface area contributed by atoms with Gasteiger partial charge in [0.05, 0.1) is 6.42 Å². The average Bonchev–Trinajstić information content (AvgIpc) is 3.27. The number of benzene rings is 3. The first-order valence-corrected chi connectivity index (χ1v) is 12.1. The van der Waals surface area contributed by atoms with Crippen molar-refractivity contribution in [3.05, 3.63) is 100 Å². The number of aromatic nitrogens is 1. The normalized spacial score (nSPS) is 13.2. The molecule has 0 bridgehead atoms. The van der Waals surface area contributed by atoms with E-state index < -0.39 is 12.3 Å². The van der Waals surface area contributed by atoms with Crippen LogP contribution in [0.4, 0.5) is 13.2 Å². The van der Waals surface area contributed by atoms with E-state index in [4.69, 9.17) is 16.7 Å². The van der Waals surface area contributed by atoms with E-state index in [0.29, 0.717) is 21.5 Å². The molecule has 0 saturated carbocycles. The number of aromatic amines is 1. The molecule has 1 aromatic heterocycles. The lowest BCUT2D eigenvalue weighted by Gasteiger charge is -2.25. The zero-order valence-corrected chi connectivity index (χ0v) is 20.9. The number of hydrogen-bond acceptors (Lipinski definition) is 3. The van der Waals surface area contributed by atoms with Crippen molar-refractivity contribution < 1.29 is 32.6 Å². The lowest BCUT2D eigenvalue weighted by Crippen LogP contribution is -2.26. The Labute approximate surface area is 221 Å². The third kappa shape index (κ3) is 6.47. The number of H-pyrrole nitrogens is 1. The van der Waals surface area contributed by atoms with Crippen LogP contribution in [0, 0.1) is 0 Å². The molecule has 0 aliphatic carbocycles. The van der Waals surface area contributed by atoms with Gasteiger partial charge in [0.15, 0.2) is 0 Å². The molecule has 1 heterocycles. The fourth-order valence-electron chi connectivity index (χ4n) is 4.50. The lowest BCUT2D eigenvalue weighted by atomic mass is 9.78. The quantitative estimate of drug-likeness (QED) is 0.215. The minimum atomic E-state index is -4.81. The van der Waals surface area contributed by atoms with Gasteiger partial charge in [0.25, 0.3) is 5.91 Å². The number of aliphatic carboxylic acids is 1. The maximum absolute atomic E-state index is 12.9. The topological polar surface area (TPSA) is 91.4 Å². The molecular weight excluding hydrogens is 521 g/mol. The molecule has 198 valence electrons. The predicted molar refractivity (Wildman–Crippen MR) is 138 cm³/mol. The summed E-state index contributed by atoms with van der Waals surface area (Å²) in [6, 6.07) is 18.4. The zero-order chi connectivity index (χ0) is 27.4. The van der Waals surface area contributed by atoms with E-state index in [1.54, 1.807) is 36.5 Å². The first kappa shape index (κ1) is 27.1. The Hall–Kier alpha value is -3.98. The van der Waals surface area contributed by atoms with Crippen LogP contribution >= 0.6 is 11.6 Å². The minimum absolute atomic E-state index is 0.0194. The molecule has 0 spiro atoms. The van der Waals surface area contributed by atoms with Crippen molar-refractivity contribution in [1.82, 2.24) is 10.3 Å². The second-order valence-corrected chi connectivity index (χ2v) is 9.28. The molecule has 3 aromatic carbocycles. The number of amides is 1. The first-order chi connectivity index (χ1) is 18.0. The monoisotopic (exact) mass is 544 g/mol. The molecule has 4 rings (SSSR count). The van der Waals surface area contributed by atoms with E-state index in [9.17, 15) is 22.8 Å². The van der Waals surface area contributed by atoms with E-state index in [1.807, 2.05) is 31.2 Å². The molecule has 4 aromatic rings. The van der Waals surface area contributed by atoms with Crippen LogP contribution in [0.5, 0.6) is 5.75 Å². The van der Waals surface area contributed by atoms with Gasteiger partial charge in [-0.1, -0.05) is 42.8 Å². The van der Waals surface area contributed by atoms with Crippen molar-refractivity contribution in [3.63, 3.8) is 0 Å². The summed E-state index contributed by atoms with van der Waals surface area (Å²) >= 11 is 6.12. The van der Waals surface area contributed by atoms with Gasteiger partial charge in [-0.05, 0) is 65.1 Å². The summed E-state index contributed by atoms with van der Waals surface area (Å²) in [7, 11) is 0. The van der Waals surface area contributed by atoms with Crippen LogP contribution in [0.3, 0.4) is 0 Å². The average molecular weight is 545 g/mol. The van der Waals surface area contributed by atoms with Gasteiger partial charge in [-0.3, -0.25) is 9.59 Å². The molecule has 3 N–H and O–H groups in total.